The fourth-order valence-electron chi connectivity index (χ4n) is 2.97. The van der Waals surface area contributed by atoms with Gasteiger partial charge in [-0.2, -0.15) is 8.78 Å². The Balaban J connectivity index is 1.74. The third-order valence-electron chi connectivity index (χ3n) is 4.80. The van der Waals surface area contributed by atoms with Gasteiger partial charge in [-0.25, -0.2) is 0 Å². The van der Waals surface area contributed by atoms with E-state index in [1.54, 1.807) is 12.1 Å². The van der Waals surface area contributed by atoms with E-state index in [1.807, 2.05) is 6.07 Å². The number of rotatable bonds is 7. The number of nitrogens with one attached hydrogen (secondary N) is 1. The first-order valence-corrected chi connectivity index (χ1v) is 9.55. The maximum absolute atomic E-state index is 12.5. The van der Waals surface area contributed by atoms with Gasteiger partial charge < -0.3 is 19.7 Å². The topological polar surface area (TPSA) is 33.7 Å². The van der Waals surface area contributed by atoms with E-state index in [9.17, 15) is 8.78 Å². The van der Waals surface area contributed by atoms with E-state index in [0.29, 0.717) is 17.7 Å². The minimum absolute atomic E-state index is 0.0232. The molecule has 0 unspecified atom stereocenters. The quantitative estimate of drug-likeness (QED) is 0.633. The van der Waals surface area contributed by atoms with Crippen LogP contribution >= 0.6 is 12.2 Å². The molecule has 0 spiro atoms. The van der Waals surface area contributed by atoms with Gasteiger partial charge in [-0.1, -0.05) is 12.1 Å². The summed E-state index contributed by atoms with van der Waals surface area (Å²) >= 11 is 5.65. The van der Waals surface area contributed by atoms with E-state index >= 15 is 0 Å². The summed E-state index contributed by atoms with van der Waals surface area (Å²) in [6.07, 6.45) is 2.16. The van der Waals surface area contributed by atoms with E-state index in [4.69, 9.17) is 17.0 Å². The molecule has 150 valence electrons. The van der Waals surface area contributed by atoms with Crippen LogP contribution in [0.3, 0.4) is 0 Å². The van der Waals surface area contributed by atoms with Crippen LogP contribution < -0.4 is 14.8 Å². The number of halogens is 2. The van der Waals surface area contributed by atoms with Crippen molar-refractivity contribution in [1.29, 1.82) is 0 Å². The summed E-state index contributed by atoms with van der Waals surface area (Å²) in [6.45, 7) is 1.81. The highest BCUT2D eigenvalue weighted by molar-refractivity contribution is 7.80. The second kappa shape index (κ2) is 8.73. The van der Waals surface area contributed by atoms with Crippen LogP contribution in [0.15, 0.2) is 36.4 Å². The smallest absolute Gasteiger partial charge is 0.387 e. The minimum atomic E-state index is -2.89. The summed E-state index contributed by atoms with van der Waals surface area (Å²) in [5.74, 6) is 0.302. The number of methoxy groups -OCH3 is 1. The number of anilines is 1. The molecule has 0 radical (unpaired) electrons. The van der Waals surface area contributed by atoms with E-state index in [2.05, 4.69) is 40.9 Å². The van der Waals surface area contributed by atoms with Gasteiger partial charge in [0.1, 0.15) is 0 Å². The van der Waals surface area contributed by atoms with Gasteiger partial charge in [0.05, 0.1) is 7.11 Å². The lowest BCUT2D eigenvalue weighted by atomic mass is 10.1. The van der Waals surface area contributed by atoms with Gasteiger partial charge in [0.2, 0.25) is 0 Å². The second-order valence-electron chi connectivity index (χ2n) is 6.95. The zero-order chi connectivity index (χ0) is 20.3. The third kappa shape index (κ3) is 5.10. The average Bonchev–Trinajstić information content (AvgIpc) is 3.48. The van der Waals surface area contributed by atoms with Crippen LogP contribution in [0.4, 0.5) is 14.5 Å². The summed E-state index contributed by atoms with van der Waals surface area (Å²) in [7, 11) is 1.43. The molecule has 7 heteroatoms. The number of alkyl halides is 2. The minimum Gasteiger partial charge on any atom is -0.493 e. The predicted octanol–water partition coefficient (Wildman–Crippen LogP) is 5.27. The molecule has 0 bridgehead atoms. The summed E-state index contributed by atoms with van der Waals surface area (Å²) in [6, 6.07) is 11.5. The predicted molar refractivity (Wildman–Crippen MR) is 110 cm³/mol. The first-order valence-electron chi connectivity index (χ1n) is 9.14. The number of nitrogens with zero attached hydrogens (tertiary/aromatic N) is 1. The fraction of sp³-hybridized carbons (Fsp3) is 0.381. The van der Waals surface area contributed by atoms with Crippen molar-refractivity contribution in [2.75, 3.05) is 12.4 Å². The van der Waals surface area contributed by atoms with Crippen LogP contribution in [0.2, 0.25) is 0 Å². The molecule has 1 aliphatic rings. The molecule has 0 aliphatic heterocycles. The highest BCUT2D eigenvalue weighted by Gasteiger charge is 2.31. The van der Waals surface area contributed by atoms with Gasteiger partial charge in [0.25, 0.3) is 0 Å². The molecule has 4 nitrogen and oxygen atoms in total. The van der Waals surface area contributed by atoms with Gasteiger partial charge in [-0.15, -0.1) is 0 Å². The third-order valence-corrected chi connectivity index (χ3v) is 5.14. The van der Waals surface area contributed by atoms with Crippen molar-refractivity contribution in [1.82, 2.24) is 4.90 Å². The Labute approximate surface area is 169 Å². The normalized spacial score (nSPS) is 13.4. The molecule has 28 heavy (non-hydrogen) atoms. The van der Waals surface area contributed by atoms with Gasteiger partial charge in [0, 0.05) is 18.3 Å². The number of benzene rings is 2. The van der Waals surface area contributed by atoms with Gasteiger partial charge in [-0.05, 0) is 79.9 Å². The highest BCUT2D eigenvalue weighted by atomic mass is 32.1. The molecule has 2 aromatic rings. The van der Waals surface area contributed by atoms with Crippen LogP contribution in [0.25, 0.3) is 0 Å². The maximum atomic E-state index is 12.5. The molecule has 1 N–H and O–H groups in total. The molecule has 0 heterocycles. The molecule has 0 atom stereocenters. The molecule has 3 rings (SSSR count). The number of ether oxygens (including phenoxy) is 2. The van der Waals surface area contributed by atoms with Crippen LogP contribution in [-0.2, 0) is 6.54 Å². The number of hydrogen-bond acceptors (Lipinski definition) is 3. The number of thiocarbonyl (C=S) groups is 1. The largest absolute Gasteiger partial charge is 0.493 e. The maximum Gasteiger partial charge on any atom is 0.387 e. The Kier molecular flexibility index (Phi) is 6.34. The van der Waals surface area contributed by atoms with Gasteiger partial charge in [0.15, 0.2) is 16.6 Å². The molecular weight excluding hydrogens is 382 g/mol. The van der Waals surface area contributed by atoms with E-state index in [-0.39, 0.29) is 11.5 Å². The zero-order valence-electron chi connectivity index (χ0n) is 16.2. The van der Waals surface area contributed by atoms with Crippen molar-refractivity contribution >= 4 is 23.0 Å². The average molecular weight is 406 g/mol. The van der Waals surface area contributed by atoms with Crippen molar-refractivity contribution in [3.63, 3.8) is 0 Å². The van der Waals surface area contributed by atoms with Crippen LogP contribution in [-0.4, -0.2) is 29.8 Å². The van der Waals surface area contributed by atoms with Crippen LogP contribution in [0.1, 0.15) is 29.5 Å². The van der Waals surface area contributed by atoms with E-state index in [1.165, 1.54) is 24.3 Å². The summed E-state index contributed by atoms with van der Waals surface area (Å²) in [5.41, 5.74) is 4.30. The summed E-state index contributed by atoms with van der Waals surface area (Å²) in [4.78, 5) is 2.13. The lowest BCUT2D eigenvalue weighted by Gasteiger charge is -2.26. The molecule has 1 saturated carbocycles. The first-order chi connectivity index (χ1) is 13.4. The Morgan fingerprint density at radius 2 is 1.89 bits per heavy atom. The highest BCUT2D eigenvalue weighted by Crippen LogP contribution is 2.33. The van der Waals surface area contributed by atoms with E-state index < -0.39 is 6.61 Å². The molecule has 0 amide bonds. The molecular formula is C21H24F2N2O2S. The monoisotopic (exact) mass is 406 g/mol. The summed E-state index contributed by atoms with van der Waals surface area (Å²) < 4.78 is 34.7. The van der Waals surface area contributed by atoms with Crippen molar-refractivity contribution in [3.05, 3.63) is 53.1 Å². The van der Waals surface area contributed by atoms with E-state index in [0.717, 1.165) is 24.1 Å². The lowest BCUT2D eigenvalue weighted by Crippen LogP contribution is -2.36. The Morgan fingerprint density at radius 3 is 2.50 bits per heavy atom. The Bertz CT molecular complexity index is 856. The second-order valence-corrected chi connectivity index (χ2v) is 7.34. The van der Waals surface area contributed by atoms with Crippen LogP contribution in [0.5, 0.6) is 11.5 Å². The van der Waals surface area contributed by atoms with Crippen molar-refractivity contribution in [2.24, 2.45) is 0 Å². The van der Waals surface area contributed by atoms with Crippen molar-refractivity contribution in [2.45, 2.75) is 45.9 Å². The lowest BCUT2D eigenvalue weighted by molar-refractivity contribution is -0.0512. The van der Waals surface area contributed by atoms with Gasteiger partial charge in [-0.3, -0.25) is 0 Å². The fourth-order valence-corrected chi connectivity index (χ4v) is 3.30. The number of hydrogen-bond donors (Lipinski definition) is 1. The molecule has 2 aromatic carbocycles. The number of aryl methyl sites for hydroxylation is 2. The SMILES string of the molecule is COc1cc(CN(C(=S)Nc2ccc(C)c(C)c2)C2CC2)ccc1OC(F)F. The molecule has 0 aromatic heterocycles. The van der Waals surface area contributed by atoms with Crippen molar-refractivity contribution < 1.29 is 18.3 Å². The summed E-state index contributed by atoms with van der Waals surface area (Å²) in [5, 5.41) is 3.97. The molecule has 1 aliphatic carbocycles. The zero-order valence-corrected chi connectivity index (χ0v) is 17.0. The Morgan fingerprint density at radius 1 is 1.14 bits per heavy atom. The molecule has 0 saturated heterocycles. The Hall–Kier alpha value is -2.41. The first kappa shape index (κ1) is 20.3. The standard InChI is InChI=1S/C21H24F2N2O2S/c1-13-4-6-16(10-14(13)2)24-21(28)25(17-7-8-17)12-15-5-9-18(27-20(22)23)19(11-15)26-3/h4-6,9-11,17,20H,7-8,12H2,1-3H3,(H,24,28). The van der Waals surface area contributed by atoms with Crippen LogP contribution in [0, 0.1) is 13.8 Å². The molecule has 1 fully saturated rings. The van der Waals surface area contributed by atoms with Crippen molar-refractivity contribution in [3.8, 4) is 11.5 Å². The van der Waals surface area contributed by atoms with Gasteiger partial charge >= 0.3 is 6.61 Å².